The first-order valence-electron chi connectivity index (χ1n) is 8.02. The standard InChI is InChI=1S/C19H22N2O2.ClH/c22-19(23)17-8-4-7-16(11-17)13-21-10-9-20-18(14-21)12-15-5-2-1-3-6-15;/h1-8,11,18,20H,9-10,12-14H2,(H,22,23);1H/t18-;/m1./s1. The van der Waals surface area contributed by atoms with Crippen LogP contribution in [0.4, 0.5) is 0 Å². The lowest BCUT2D eigenvalue weighted by molar-refractivity contribution is 0.0696. The van der Waals surface area contributed by atoms with Crippen LogP contribution in [0, 0.1) is 0 Å². The fourth-order valence-corrected chi connectivity index (χ4v) is 3.13. The van der Waals surface area contributed by atoms with Crippen molar-refractivity contribution >= 4 is 18.4 Å². The summed E-state index contributed by atoms with van der Waals surface area (Å²) in [5.74, 6) is -0.867. The van der Waals surface area contributed by atoms with E-state index in [0.29, 0.717) is 11.6 Å². The molecule has 0 spiro atoms. The summed E-state index contributed by atoms with van der Waals surface area (Å²) in [6.07, 6.45) is 1.02. The third kappa shape index (κ3) is 5.06. The van der Waals surface area contributed by atoms with Crippen molar-refractivity contribution in [2.24, 2.45) is 0 Å². The lowest BCUT2D eigenvalue weighted by atomic mass is 10.0. The molecule has 1 saturated heterocycles. The van der Waals surface area contributed by atoms with Crippen LogP contribution in [-0.2, 0) is 13.0 Å². The van der Waals surface area contributed by atoms with E-state index in [1.807, 2.05) is 18.2 Å². The van der Waals surface area contributed by atoms with Crippen LogP contribution in [0.15, 0.2) is 54.6 Å². The topological polar surface area (TPSA) is 52.6 Å². The van der Waals surface area contributed by atoms with E-state index in [1.54, 1.807) is 12.1 Å². The van der Waals surface area contributed by atoms with Crippen LogP contribution in [-0.4, -0.2) is 41.7 Å². The minimum Gasteiger partial charge on any atom is -0.478 e. The first kappa shape index (κ1) is 18.5. The maximum atomic E-state index is 11.1. The van der Waals surface area contributed by atoms with Crippen molar-refractivity contribution in [2.45, 2.75) is 19.0 Å². The number of hydrogen-bond donors (Lipinski definition) is 2. The Morgan fingerprint density at radius 1 is 1.12 bits per heavy atom. The molecule has 128 valence electrons. The van der Waals surface area contributed by atoms with E-state index in [0.717, 1.165) is 38.2 Å². The average Bonchev–Trinajstić information content (AvgIpc) is 2.56. The molecule has 3 rings (SSSR count). The summed E-state index contributed by atoms with van der Waals surface area (Å²) in [5.41, 5.74) is 2.77. The number of aromatic carboxylic acids is 1. The highest BCUT2D eigenvalue weighted by Crippen LogP contribution is 2.12. The van der Waals surface area contributed by atoms with E-state index in [2.05, 4.69) is 34.5 Å². The van der Waals surface area contributed by atoms with Crippen LogP contribution in [0.1, 0.15) is 21.5 Å². The summed E-state index contributed by atoms with van der Waals surface area (Å²) in [7, 11) is 0. The first-order valence-corrected chi connectivity index (χ1v) is 8.02. The van der Waals surface area contributed by atoms with Gasteiger partial charge >= 0.3 is 5.97 Å². The minimum atomic E-state index is -0.867. The number of benzene rings is 2. The fourth-order valence-electron chi connectivity index (χ4n) is 3.13. The van der Waals surface area contributed by atoms with Gasteiger partial charge in [0.15, 0.2) is 0 Å². The molecule has 1 aliphatic heterocycles. The Morgan fingerprint density at radius 3 is 2.62 bits per heavy atom. The van der Waals surface area contributed by atoms with Crippen molar-refractivity contribution in [1.29, 1.82) is 0 Å². The van der Waals surface area contributed by atoms with Gasteiger partial charge in [0.05, 0.1) is 5.56 Å². The number of hydrogen-bond acceptors (Lipinski definition) is 3. The molecule has 1 heterocycles. The largest absolute Gasteiger partial charge is 0.478 e. The molecule has 0 aliphatic carbocycles. The Hall–Kier alpha value is -1.88. The lowest BCUT2D eigenvalue weighted by Crippen LogP contribution is -2.51. The van der Waals surface area contributed by atoms with Gasteiger partial charge in [-0.05, 0) is 29.7 Å². The molecule has 0 unspecified atom stereocenters. The van der Waals surface area contributed by atoms with Gasteiger partial charge < -0.3 is 10.4 Å². The zero-order valence-electron chi connectivity index (χ0n) is 13.5. The molecule has 2 N–H and O–H groups in total. The quantitative estimate of drug-likeness (QED) is 0.874. The zero-order valence-corrected chi connectivity index (χ0v) is 14.3. The van der Waals surface area contributed by atoms with Gasteiger partial charge in [-0.15, -0.1) is 12.4 Å². The average molecular weight is 347 g/mol. The number of piperazine rings is 1. The zero-order chi connectivity index (χ0) is 16.1. The van der Waals surface area contributed by atoms with E-state index < -0.39 is 5.97 Å². The van der Waals surface area contributed by atoms with Gasteiger partial charge in [0, 0.05) is 32.2 Å². The fraction of sp³-hybridized carbons (Fsp3) is 0.316. The molecule has 24 heavy (non-hydrogen) atoms. The Morgan fingerprint density at radius 2 is 1.88 bits per heavy atom. The second kappa shape index (κ2) is 8.83. The second-order valence-corrected chi connectivity index (χ2v) is 6.08. The summed E-state index contributed by atoms with van der Waals surface area (Å²) < 4.78 is 0. The van der Waals surface area contributed by atoms with E-state index in [1.165, 1.54) is 5.56 Å². The Bertz CT molecular complexity index is 663. The first-order chi connectivity index (χ1) is 11.2. The van der Waals surface area contributed by atoms with Crippen molar-refractivity contribution in [2.75, 3.05) is 19.6 Å². The van der Waals surface area contributed by atoms with Gasteiger partial charge in [0.25, 0.3) is 0 Å². The molecule has 0 aromatic heterocycles. The van der Waals surface area contributed by atoms with Crippen molar-refractivity contribution < 1.29 is 9.90 Å². The third-order valence-electron chi connectivity index (χ3n) is 4.24. The normalized spacial score (nSPS) is 17.9. The molecule has 2 aromatic carbocycles. The molecule has 5 heteroatoms. The van der Waals surface area contributed by atoms with Crippen LogP contribution in [0.2, 0.25) is 0 Å². The summed E-state index contributed by atoms with van der Waals surface area (Å²) in [5, 5.41) is 12.7. The summed E-state index contributed by atoms with van der Waals surface area (Å²) >= 11 is 0. The Labute approximate surface area is 148 Å². The third-order valence-corrected chi connectivity index (χ3v) is 4.24. The molecule has 0 bridgehead atoms. The number of carbonyl (C=O) groups is 1. The molecule has 4 nitrogen and oxygen atoms in total. The van der Waals surface area contributed by atoms with E-state index >= 15 is 0 Å². The molecule has 0 saturated carbocycles. The highest BCUT2D eigenvalue weighted by molar-refractivity contribution is 5.87. The smallest absolute Gasteiger partial charge is 0.335 e. The minimum absolute atomic E-state index is 0. The van der Waals surface area contributed by atoms with Crippen LogP contribution in [0.5, 0.6) is 0 Å². The maximum Gasteiger partial charge on any atom is 0.335 e. The van der Waals surface area contributed by atoms with Crippen molar-refractivity contribution in [3.63, 3.8) is 0 Å². The van der Waals surface area contributed by atoms with Crippen LogP contribution in [0.25, 0.3) is 0 Å². The van der Waals surface area contributed by atoms with Crippen LogP contribution < -0.4 is 5.32 Å². The molecular formula is C19H23ClN2O2. The number of nitrogens with zero attached hydrogens (tertiary/aromatic N) is 1. The predicted molar refractivity (Wildman–Crippen MR) is 97.9 cm³/mol. The van der Waals surface area contributed by atoms with E-state index in [-0.39, 0.29) is 12.4 Å². The summed E-state index contributed by atoms with van der Waals surface area (Å²) in [6, 6.07) is 18.2. The van der Waals surface area contributed by atoms with Gasteiger partial charge in [-0.25, -0.2) is 4.79 Å². The number of carboxylic acid groups (broad SMARTS) is 1. The molecule has 1 fully saturated rings. The van der Waals surface area contributed by atoms with Gasteiger partial charge in [-0.2, -0.15) is 0 Å². The van der Waals surface area contributed by atoms with Crippen molar-refractivity contribution in [3.8, 4) is 0 Å². The summed E-state index contributed by atoms with van der Waals surface area (Å²) in [4.78, 5) is 13.5. The SMILES string of the molecule is Cl.O=C(O)c1cccc(CN2CCN[C@H](Cc3ccccc3)C2)c1. The molecule has 1 aliphatic rings. The highest BCUT2D eigenvalue weighted by Gasteiger charge is 2.19. The second-order valence-electron chi connectivity index (χ2n) is 6.08. The molecule has 0 radical (unpaired) electrons. The van der Waals surface area contributed by atoms with Gasteiger partial charge in [0.2, 0.25) is 0 Å². The molecule has 0 amide bonds. The number of nitrogens with one attached hydrogen (secondary N) is 1. The van der Waals surface area contributed by atoms with Gasteiger partial charge in [0.1, 0.15) is 0 Å². The van der Waals surface area contributed by atoms with Crippen LogP contribution >= 0.6 is 12.4 Å². The number of rotatable bonds is 5. The Balaban J connectivity index is 0.00000208. The Kier molecular flexibility index (Phi) is 6.79. The number of halogens is 1. The number of carboxylic acids is 1. The monoisotopic (exact) mass is 346 g/mol. The van der Waals surface area contributed by atoms with E-state index in [4.69, 9.17) is 5.11 Å². The summed E-state index contributed by atoms with van der Waals surface area (Å²) in [6.45, 7) is 3.74. The predicted octanol–water partition coefficient (Wildman–Crippen LogP) is 2.82. The van der Waals surface area contributed by atoms with Crippen molar-refractivity contribution in [1.82, 2.24) is 10.2 Å². The lowest BCUT2D eigenvalue weighted by Gasteiger charge is -2.34. The highest BCUT2D eigenvalue weighted by atomic mass is 35.5. The van der Waals surface area contributed by atoms with Crippen molar-refractivity contribution in [3.05, 3.63) is 71.3 Å². The van der Waals surface area contributed by atoms with Gasteiger partial charge in [-0.1, -0.05) is 42.5 Å². The van der Waals surface area contributed by atoms with Gasteiger partial charge in [-0.3, -0.25) is 4.90 Å². The molecule has 1 atom stereocenters. The molecular weight excluding hydrogens is 324 g/mol. The molecule has 2 aromatic rings. The maximum absolute atomic E-state index is 11.1. The van der Waals surface area contributed by atoms with Crippen LogP contribution in [0.3, 0.4) is 0 Å². The van der Waals surface area contributed by atoms with E-state index in [9.17, 15) is 4.79 Å².